The Morgan fingerprint density at radius 3 is 2.62 bits per heavy atom. The van der Waals surface area contributed by atoms with Crippen LogP contribution in [0.1, 0.15) is 15.9 Å². The van der Waals surface area contributed by atoms with E-state index in [1.807, 2.05) is 30.3 Å². The van der Waals surface area contributed by atoms with Crippen LogP contribution in [0.3, 0.4) is 0 Å². The van der Waals surface area contributed by atoms with E-state index in [1.165, 1.54) is 19.4 Å². The first-order valence-corrected chi connectivity index (χ1v) is 8.90. The lowest BCUT2D eigenvalue weighted by atomic mass is 10.1. The molecule has 3 rings (SSSR count). The van der Waals surface area contributed by atoms with Crippen LogP contribution in [0.25, 0.3) is 10.8 Å². The van der Waals surface area contributed by atoms with Crippen molar-refractivity contribution in [2.45, 2.75) is 0 Å². The van der Waals surface area contributed by atoms with Gasteiger partial charge >= 0.3 is 5.97 Å². The minimum Gasteiger partial charge on any atom is -0.493 e. The zero-order chi connectivity index (χ0) is 20.8. The standard InChI is InChI=1S/C21H17ClN2O5/c1-28-18-9-13(8-17(22)20(18)29-12-19(25)26)11-23-24-21(27)16-7-6-14-4-2-3-5-15(14)10-16/h2-11H,12H2,1H3,(H,24,27)(H,25,26)/b23-11-. The van der Waals surface area contributed by atoms with Crippen molar-refractivity contribution < 1.29 is 24.2 Å². The number of nitrogens with zero attached hydrogens (tertiary/aromatic N) is 1. The number of halogens is 1. The first-order chi connectivity index (χ1) is 14.0. The lowest BCUT2D eigenvalue weighted by molar-refractivity contribution is -0.139. The van der Waals surface area contributed by atoms with Crippen LogP contribution >= 0.6 is 11.6 Å². The molecule has 0 fully saturated rings. The van der Waals surface area contributed by atoms with Crippen LogP contribution in [0.2, 0.25) is 5.02 Å². The van der Waals surface area contributed by atoms with Gasteiger partial charge in [0, 0.05) is 5.56 Å². The molecule has 0 aliphatic carbocycles. The van der Waals surface area contributed by atoms with E-state index < -0.39 is 12.6 Å². The Labute approximate surface area is 171 Å². The fraction of sp³-hybridized carbons (Fsp3) is 0.0952. The van der Waals surface area contributed by atoms with Crippen molar-refractivity contribution in [2.24, 2.45) is 5.10 Å². The van der Waals surface area contributed by atoms with Crippen molar-refractivity contribution in [3.8, 4) is 11.5 Å². The minimum absolute atomic E-state index is 0.119. The Balaban J connectivity index is 1.72. The van der Waals surface area contributed by atoms with E-state index in [0.29, 0.717) is 11.1 Å². The molecule has 29 heavy (non-hydrogen) atoms. The molecule has 8 heteroatoms. The second-order valence-electron chi connectivity index (χ2n) is 5.98. The average molecular weight is 413 g/mol. The molecule has 0 radical (unpaired) electrons. The van der Waals surface area contributed by atoms with Gasteiger partial charge in [-0.05, 0) is 40.6 Å². The van der Waals surface area contributed by atoms with Crippen molar-refractivity contribution in [1.29, 1.82) is 0 Å². The summed E-state index contributed by atoms with van der Waals surface area (Å²) in [5.41, 5.74) is 3.48. The minimum atomic E-state index is -1.13. The summed E-state index contributed by atoms with van der Waals surface area (Å²) >= 11 is 6.14. The number of nitrogens with one attached hydrogen (secondary N) is 1. The molecule has 0 saturated heterocycles. The quantitative estimate of drug-likeness (QED) is 0.455. The van der Waals surface area contributed by atoms with E-state index in [2.05, 4.69) is 10.5 Å². The van der Waals surface area contributed by atoms with Crippen LogP contribution in [0.5, 0.6) is 11.5 Å². The maximum Gasteiger partial charge on any atom is 0.341 e. The number of fused-ring (bicyclic) bond motifs is 1. The van der Waals surface area contributed by atoms with Gasteiger partial charge in [0.15, 0.2) is 18.1 Å². The van der Waals surface area contributed by atoms with Gasteiger partial charge < -0.3 is 14.6 Å². The molecule has 0 aromatic heterocycles. The van der Waals surface area contributed by atoms with Gasteiger partial charge in [0.1, 0.15) is 0 Å². The molecule has 0 aliphatic heterocycles. The molecule has 3 aromatic rings. The SMILES string of the molecule is COc1cc(/C=N\NC(=O)c2ccc3ccccc3c2)cc(Cl)c1OCC(=O)O. The van der Waals surface area contributed by atoms with Crippen molar-refractivity contribution >= 4 is 40.5 Å². The molecule has 7 nitrogen and oxygen atoms in total. The third kappa shape index (κ3) is 5.03. The predicted octanol–water partition coefficient (Wildman–Crippen LogP) is 3.73. The highest BCUT2D eigenvalue weighted by atomic mass is 35.5. The zero-order valence-electron chi connectivity index (χ0n) is 15.4. The van der Waals surface area contributed by atoms with Crippen LogP contribution in [-0.4, -0.2) is 36.9 Å². The van der Waals surface area contributed by atoms with Gasteiger partial charge in [-0.1, -0.05) is 41.9 Å². The number of rotatable bonds is 7. The summed E-state index contributed by atoms with van der Waals surface area (Å²) in [7, 11) is 1.40. The molecular formula is C21H17ClN2O5. The Bertz CT molecular complexity index is 1100. The first kappa shape index (κ1) is 20.2. The Morgan fingerprint density at radius 1 is 1.14 bits per heavy atom. The summed E-state index contributed by atoms with van der Waals surface area (Å²) in [5.74, 6) is -1.12. The highest BCUT2D eigenvalue weighted by Gasteiger charge is 2.13. The van der Waals surface area contributed by atoms with Gasteiger partial charge in [-0.25, -0.2) is 10.2 Å². The van der Waals surface area contributed by atoms with Gasteiger partial charge in [0.2, 0.25) is 0 Å². The monoisotopic (exact) mass is 412 g/mol. The molecule has 0 unspecified atom stereocenters. The molecule has 0 aliphatic rings. The Hall–Kier alpha value is -3.58. The number of benzene rings is 3. The van der Waals surface area contributed by atoms with Gasteiger partial charge in [0.05, 0.1) is 18.3 Å². The molecule has 2 N–H and O–H groups in total. The molecule has 3 aromatic carbocycles. The molecule has 0 spiro atoms. The molecular weight excluding hydrogens is 396 g/mol. The number of ether oxygens (including phenoxy) is 2. The van der Waals surface area contributed by atoms with E-state index in [9.17, 15) is 9.59 Å². The van der Waals surface area contributed by atoms with Crippen LogP contribution in [-0.2, 0) is 4.79 Å². The second-order valence-corrected chi connectivity index (χ2v) is 6.38. The van der Waals surface area contributed by atoms with E-state index in [-0.39, 0.29) is 22.4 Å². The van der Waals surface area contributed by atoms with Crippen LogP contribution in [0.15, 0.2) is 59.7 Å². The van der Waals surface area contributed by atoms with Crippen LogP contribution < -0.4 is 14.9 Å². The summed E-state index contributed by atoms with van der Waals surface area (Å²) < 4.78 is 10.3. The third-order valence-corrected chi connectivity index (χ3v) is 4.26. The van der Waals surface area contributed by atoms with E-state index in [4.69, 9.17) is 26.2 Å². The normalized spacial score (nSPS) is 10.8. The summed E-state index contributed by atoms with van der Waals surface area (Å²) in [6.07, 6.45) is 1.40. The van der Waals surface area contributed by atoms with E-state index >= 15 is 0 Å². The summed E-state index contributed by atoms with van der Waals surface area (Å²) in [6, 6.07) is 16.2. The summed E-state index contributed by atoms with van der Waals surface area (Å²) in [5, 5.41) is 14.8. The van der Waals surface area contributed by atoms with E-state index in [0.717, 1.165) is 10.8 Å². The number of carbonyl (C=O) groups is 2. The Kier molecular flexibility index (Phi) is 6.31. The molecule has 0 bridgehead atoms. The molecule has 148 valence electrons. The highest BCUT2D eigenvalue weighted by molar-refractivity contribution is 6.32. The van der Waals surface area contributed by atoms with Crippen molar-refractivity contribution in [3.05, 3.63) is 70.7 Å². The van der Waals surface area contributed by atoms with Crippen molar-refractivity contribution in [1.82, 2.24) is 5.43 Å². The molecule has 1 amide bonds. The topological polar surface area (TPSA) is 97.2 Å². The molecule has 0 heterocycles. The number of hydrogen-bond acceptors (Lipinski definition) is 5. The summed E-state index contributed by atoms with van der Waals surface area (Å²) in [6.45, 7) is -0.550. The van der Waals surface area contributed by atoms with Crippen LogP contribution in [0.4, 0.5) is 0 Å². The predicted molar refractivity (Wildman–Crippen MR) is 110 cm³/mol. The number of carboxylic acids is 1. The van der Waals surface area contributed by atoms with Gasteiger partial charge in [-0.3, -0.25) is 4.79 Å². The number of amides is 1. The maximum atomic E-state index is 12.3. The van der Waals surface area contributed by atoms with Crippen LogP contribution in [0, 0.1) is 0 Å². The maximum absolute atomic E-state index is 12.3. The number of hydrazone groups is 1. The van der Waals surface area contributed by atoms with E-state index in [1.54, 1.807) is 18.2 Å². The second kappa shape index (κ2) is 9.07. The fourth-order valence-electron chi connectivity index (χ4n) is 2.65. The van der Waals surface area contributed by atoms with Crippen molar-refractivity contribution in [2.75, 3.05) is 13.7 Å². The van der Waals surface area contributed by atoms with Crippen molar-refractivity contribution in [3.63, 3.8) is 0 Å². The number of aliphatic carboxylic acids is 1. The summed E-state index contributed by atoms with van der Waals surface area (Å²) in [4.78, 5) is 23.0. The number of methoxy groups -OCH3 is 1. The largest absolute Gasteiger partial charge is 0.493 e. The Morgan fingerprint density at radius 2 is 1.90 bits per heavy atom. The fourth-order valence-corrected chi connectivity index (χ4v) is 2.92. The first-order valence-electron chi connectivity index (χ1n) is 8.52. The number of carboxylic acid groups (broad SMARTS) is 1. The third-order valence-electron chi connectivity index (χ3n) is 3.98. The van der Waals surface area contributed by atoms with Gasteiger partial charge in [-0.2, -0.15) is 5.10 Å². The van der Waals surface area contributed by atoms with Gasteiger partial charge in [0.25, 0.3) is 5.91 Å². The van der Waals surface area contributed by atoms with Gasteiger partial charge in [-0.15, -0.1) is 0 Å². The molecule has 0 saturated carbocycles. The lowest BCUT2D eigenvalue weighted by Crippen LogP contribution is -2.17. The lowest BCUT2D eigenvalue weighted by Gasteiger charge is -2.11. The number of hydrogen-bond donors (Lipinski definition) is 2. The smallest absolute Gasteiger partial charge is 0.341 e. The zero-order valence-corrected chi connectivity index (χ0v) is 16.1. The number of carbonyl (C=O) groups excluding carboxylic acids is 1. The average Bonchev–Trinajstić information content (AvgIpc) is 2.72. The highest BCUT2D eigenvalue weighted by Crippen LogP contribution is 2.36. The molecule has 0 atom stereocenters.